The molecule has 2 heterocycles. The molecule has 4 aromatic rings. The summed E-state index contributed by atoms with van der Waals surface area (Å²) in [6, 6.07) is 20.1. The zero-order chi connectivity index (χ0) is 27.0. The van der Waals surface area contributed by atoms with Gasteiger partial charge in [0.05, 0.1) is 30.2 Å². The topological polar surface area (TPSA) is 89.3 Å². The molecule has 1 N–H and O–H groups in total. The largest absolute Gasteiger partial charge is 0.378 e. The zero-order valence-electron chi connectivity index (χ0n) is 20.9. The SMILES string of the molecule is CN(C)c1ccc2cc(-c3ccc4nccc(C(=O)NCC(=O)N5CC(F)(F)CC5C#N)c4c3)ccc2c1. The van der Waals surface area contributed by atoms with E-state index in [9.17, 15) is 18.4 Å². The third kappa shape index (κ3) is 4.85. The van der Waals surface area contributed by atoms with E-state index in [0.717, 1.165) is 32.5 Å². The summed E-state index contributed by atoms with van der Waals surface area (Å²) >= 11 is 0. The number of nitrogens with one attached hydrogen (secondary N) is 1. The monoisotopic (exact) mass is 513 g/mol. The Kier molecular flexibility index (Phi) is 6.41. The summed E-state index contributed by atoms with van der Waals surface area (Å²) in [5.41, 5.74) is 3.89. The third-order valence-corrected chi connectivity index (χ3v) is 6.80. The molecule has 2 amide bonds. The molecule has 0 bridgehead atoms. The summed E-state index contributed by atoms with van der Waals surface area (Å²) in [5.74, 6) is -4.37. The zero-order valence-corrected chi connectivity index (χ0v) is 20.9. The number of aromatic nitrogens is 1. The van der Waals surface area contributed by atoms with Crippen LogP contribution in [-0.2, 0) is 4.79 Å². The second kappa shape index (κ2) is 9.71. The van der Waals surface area contributed by atoms with Crippen molar-refractivity contribution in [2.45, 2.75) is 18.4 Å². The van der Waals surface area contributed by atoms with Gasteiger partial charge in [-0.15, -0.1) is 0 Å². The van der Waals surface area contributed by atoms with E-state index in [-0.39, 0.29) is 0 Å². The minimum atomic E-state index is -3.12. The lowest BCUT2D eigenvalue weighted by Gasteiger charge is -2.19. The van der Waals surface area contributed by atoms with Crippen LogP contribution in [0.3, 0.4) is 0 Å². The molecule has 0 saturated carbocycles. The molecule has 1 fully saturated rings. The molecule has 7 nitrogen and oxygen atoms in total. The van der Waals surface area contributed by atoms with Gasteiger partial charge in [0, 0.05) is 37.8 Å². The van der Waals surface area contributed by atoms with Crippen LogP contribution in [0.4, 0.5) is 14.5 Å². The number of nitrogens with zero attached hydrogens (tertiary/aromatic N) is 4. The Hall–Kier alpha value is -4.58. The number of pyridine rings is 1. The van der Waals surface area contributed by atoms with Gasteiger partial charge in [0.1, 0.15) is 6.04 Å². The number of carbonyl (C=O) groups is 2. The van der Waals surface area contributed by atoms with E-state index in [0.29, 0.717) is 16.5 Å². The van der Waals surface area contributed by atoms with Gasteiger partial charge in [-0.3, -0.25) is 14.6 Å². The van der Waals surface area contributed by atoms with Crippen LogP contribution in [-0.4, -0.2) is 60.8 Å². The number of hydrogen-bond donors (Lipinski definition) is 1. The first kappa shape index (κ1) is 25.1. The molecule has 1 aliphatic rings. The molecule has 1 unspecified atom stereocenters. The van der Waals surface area contributed by atoms with Crippen LogP contribution in [0.2, 0.25) is 0 Å². The molecule has 3 aromatic carbocycles. The first-order chi connectivity index (χ1) is 18.1. The quantitative estimate of drug-likeness (QED) is 0.421. The van der Waals surface area contributed by atoms with Crippen molar-refractivity contribution in [3.63, 3.8) is 0 Å². The van der Waals surface area contributed by atoms with Crippen molar-refractivity contribution < 1.29 is 18.4 Å². The first-order valence-corrected chi connectivity index (χ1v) is 12.1. The van der Waals surface area contributed by atoms with Gasteiger partial charge in [0.2, 0.25) is 5.91 Å². The van der Waals surface area contributed by atoms with Crippen LogP contribution in [0.1, 0.15) is 16.8 Å². The Balaban J connectivity index is 1.39. The van der Waals surface area contributed by atoms with E-state index in [2.05, 4.69) is 40.6 Å². The second-order valence-electron chi connectivity index (χ2n) is 9.64. The first-order valence-electron chi connectivity index (χ1n) is 12.1. The van der Waals surface area contributed by atoms with E-state index < -0.39 is 43.3 Å². The number of nitriles is 1. The number of amides is 2. The van der Waals surface area contributed by atoms with Crippen molar-refractivity contribution in [1.29, 1.82) is 5.26 Å². The summed E-state index contributed by atoms with van der Waals surface area (Å²) in [5, 5.41) is 14.4. The van der Waals surface area contributed by atoms with Crippen LogP contribution in [0.5, 0.6) is 0 Å². The molecule has 1 atom stereocenters. The van der Waals surface area contributed by atoms with Crippen molar-refractivity contribution in [1.82, 2.24) is 15.2 Å². The maximum Gasteiger partial charge on any atom is 0.268 e. The van der Waals surface area contributed by atoms with Crippen molar-refractivity contribution in [3.8, 4) is 17.2 Å². The van der Waals surface area contributed by atoms with Crippen LogP contribution >= 0.6 is 0 Å². The summed E-state index contributed by atoms with van der Waals surface area (Å²) < 4.78 is 27.4. The second-order valence-corrected chi connectivity index (χ2v) is 9.64. The highest BCUT2D eigenvalue weighted by Crippen LogP contribution is 2.32. The molecule has 1 saturated heterocycles. The molecule has 192 valence electrons. The predicted molar refractivity (Wildman–Crippen MR) is 142 cm³/mol. The average Bonchev–Trinajstić information content (AvgIpc) is 3.24. The van der Waals surface area contributed by atoms with Crippen molar-refractivity contribution in [2.75, 3.05) is 32.1 Å². The number of carbonyl (C=O) groups excluding carboxylic acids is 2. The Labute approximate surface area is 218 Å². The van der Waals surface area contributed by atoms with Crippen molar-refractivity contribution >= 4 is 39.2 Å². The number of rotatable bonds is 5. The summed E-state index contributed by atoms with van der Waals surface area (Å²) in [7, 11) is 3.99. The van der Waals surface area contributed by atoms with Crippen molar-refractivity contribution in [2.24, 2.45) is 0 Å². The lowest BCUT2D eigenvalue weighted by atomic mass is 9.98. The number of likely N-dealkylation sites (tertiary alicyclic amines) is 1. The van der Waals surface area contributed by atoms with Crippen molar-refractivity contribution in [3.05, 3.63) is 72.4 Å². The fourth-order valence-electron chi connectivity index (χ4n) is 4.76. The Morgan fingerprint density at radius 3 is 2.55 bits per heavy atom. The van der Waals surface area contributed by atoms with Gasteiger partial charge >= 0.3 is 0 Å². The standard InChI is InChI=1S/C29H25F2N5O2/c1-35(2)22-7-5-19-11-18(3-4-20(19)12-22)21-6-8-26-25(13-21)24(9-10-33-26)28(38)34-16-27(37)36-17-29(30,31)14-23(36)15-32/h3-13,23H,14,16-17H2,1-2H3,(H,34,38). The van der Waals surface area contributed by atoms with Gasteiger partial charge in [-0.25, -0.2) is 8.78 Å². The highest BCUT2D eigenvalue weighted by atomic mass is 19.3. The number of benzene rings is 3. The smallest absolute Gasteiger partial charge is 0.268 e. The normalized spacial score (nSPS) is 16.4. The Morgan fingerprint density at radius 1 is 1.08 bits per heavy atom. The maximum absolute atomic E-state index is 13.7. The number of halogens is 2. The van der Waals surface area contributed by atoms with E-state index in [1.165, 1.54) is 6.20 Å². The molecule has 1 aromatic heterocycles. The minimum Gasteiger partial charge on any atom is -0.378 e. The van der Waals surface area contributed by atoms with E-state index in [1.807, 2.05) is 43.3 Å². The molecule has 38 heavy (non-hydrogen) atoms. The van der Waals surface area contributed by atoms with E-state index >= 15 is 0 Å². The van der Waals surface area contributed by atoms with Gasteiger partial charge in [-0.2, -0.15) is 5.26 Å². The molecule has 1 aliphatic heterocycles. The van der Waals surface area contributed by atoms with Crippen LogP contribution in [0, 0.1) is 11.3 Å². The lowest BCUT2D eigenvalue weighted by molar-refractivity contribution is -0.131. The predicted octanol–water partition coefficient (Wildman–Crippen LogP) is 4.61. The highest BCUT2D eigenvalue weighted by Gasteiger charge is 2.47. The van der Waals surface area contributed by atoms with Crippen LogP contribution < -0.4 is 10.2 Å². The fourth-order valence-corrected chi connectivity index (χ4v) is 4.76. The van der Waals surface area contributed by atoms with Crippen LogP contribution in [0.15, 0.2) is 66.9 Å². The molecular weight excluding hydrogens is 488 g/mol. The summed E-state index contributed by atoms with van der Waals surface area (Å²) in [4.78, 5) is 32.8. The summed E-state index contributed by atoms with van der Waals surface area (Å²) in [6.45, 7) is -1.32. The highest BCUT2D eigenvalue weighted by molar-refractivity contribution is 6.08. The molecule has 0 spiro atoms. The lowest BCUT2D eigenvalue weighted by Crippen LogP contribution is -2.43. The fraction of sp³-hybridized carbons (Fsp3) is 0.241. The number of alkyl halides is 2. The Bertz CT molecular complexity index is 1610. The molecule has 5 rings (SSSR count). The number of fused-ring (bicyclic) bond motifs is 2. The van der Waals surface area contributed by atoms with Gasteiger partial charge in [-0.05, 0) is 58.3 Å². The van der Waals surface area contributed by atoms with Crippen LogP contribution in [0.25, 0.3) is 32.8 Å². The maximum atomic E-state index is 13.7. The van der Waals surface area contributed by atoms with Gasteiger partial charge in [-0.1, -0.05) is 24.3 Å². The summed E-state index contributed by atoms with van der Waals surface area (Å²) in [6.07, 6.45) is 0.802. The third-order valence-electron chi connectivity index (χ3n) is 6.80. The van der Waals surface area contributed by atoms with Gasteiger partial charge in [0.25, 0.3) is 11.8 Å². The molecule has 0 radical (unpaired) electrons. The molecule has 9 heteroatoms. The van der Waals surface area contributed by atoms with Gasteiger partial charge in [0.15, 0.2) is 0 Å². The Morgan fingerprint density at radius 2 is 1.79 bits per heavy atom. The molecule has 0 aliphatic carbocycles. The van der Waals surface area contributed by atoms with E-state index in [1.54, 1.807) is 12.1 Å². The average molecular weight is 514 g/mol. The number of anilines is 1. The number of hydrogen-bond acceptors (Lipinski definition) is 5. The minimum absolute atomic E-state index is 0.310. The van der Waals surface area contributed by atoms with Gasteiger partial charge < -0.3 is 15.1 Å². The molecular formula is C29H25F2N5O2. The van der Waals surface area contributed by atoms with E-state index in [4.69, 9.17) is 5.26 Å².